The highest BCUT2D eigenvalue weighted by molar-refractivity contribution is 6.34. The van der Waals surface area contributed by atoms with Gasteiger partial charge in [0.2, 0.25) is 0 Å². The molecule has 0 atom stereocenters. The van der Waals surface area contributed by atoms with Crippen molar-refractivity contribution in [3.63, 3.8) is 0 Å². The van der Waals surface area contributed by atoms with Crippen molar-refractivity contribution in [2.45, 2.75) is 19.3 Å². The number of fused-ring (bicyclic) bond motifs is 2. The molecule has 7 nitrogen and oxygen atoms in total. The van der Waals surface area contributed by atoms with Crippen molar-refractivity contribution in [2.24, 2.45) is 0 Å². The molecular formula is C26H23ClN6O. The molecule has 6 rings (SSSR count). The molecule has 170 valence electrons. The molecule has 0 radical (unpaired) electrons. The van der Waals surface area contributed by atoms with E-state index in [1.54, 1.807) is 12.3 Å². The number of amides is 1. The zero-order valence-corrected chi connectivity index (χ0v) is 19.2. The summed E-state index contributed by atoms with van der Waals surface area (Å²) in [6.45, 7) is 1.89. The number of nitrogens with one attached hydrogen (secondary N) is 3. The first-order chi connectivity index (χ1) is 16.7. The van der Waals surface area contributed by atoms with Crippen LogP contribution in [0.5, 0.6) is 0 Å². The minimum Gasteiger partial charge on any atom is -0.361 e. The fourth-order valence-electron chi connectivity index (χ4n) is 4.72. The lowest BCUT2D eigenvalue weighted by Crippen LogP contribution is -2.30. The average Bonchev–Trinajstić information content (AvgIpc) is 3.54. The van der Waals surface area contributed by atoms with Gasteiger partial charge in [0.15, 0.2) is 0 Å². The normalized spacial score (nSPS) is 14.1. The highest BCUT2D eigenvalue weighted by Gasteiger charge is 2.19. The van der Waals surface area contributed by atoms with Crippen molar-refractivity contribution in [3.05, 3.63) is 71.6 Å². The van der Waals surface area contributed by atoms with E-state index in [1.165, 1.54) is 6.42 Å². The second kappa shape index (κ2) is 8.50. The number of hydrogen-bond donors (Lipinski definition) is 3. The number of carbonyl (C=O) groups is 1. The van der Waals surface area contributed by atoms with E-state index in [2.05, 4.69) is 42.5 Å². The standard InChI is InChI=1S/C26H23ClN6O/c27-20-7-8-24(33-11-2-1-3-12-33)31-25(20)26(34)30-22-13-16(14-23-19(22)15-29-32-23)17-5-4-6-21-18(17)9-10-28-21/h4-10,13-15,28H,1-3,11-12H2,(H,29,32)(H,30,34). The molecule has 1 aliphatic rings. The average molecular weight is 471 g/mol. The molecule has 0 saturated carbocycles. The number of aromatic amines is 2. The number of H-pyrrole nitrogens is 2. The van der Waals surface area contributed by atoms with Crippen LogP contribution in [0.4, 0.5) is 11.5 Å². The quantitative estimate of drug-likeness (QED) is 0.300. The largest absolute Gasteiger partial charge is 0.361 e. The number of pyridine rings is 1. The Balaban J connectivity index is 1.38. The van der Waals surface area contributed by atoms with Crippen LogP contribution in [0.15, 0.2) is 60.9 Å². The number of halogens is 1. The molecule has 0 bridgehead atoms. The fourth-order valence-corrected chi connectivity index (χ4v) is 4.91. The minimum absolute atomic E-state index is 0.222. The summed E-state index contributed by atoms with van der Waals surface area (Å²) in [5.74, 6) is 0.443. The van der Waals surface area contributed by atoms with Crippen molar-refractivity contribution >= 4 is 50.8 Å². The van der Waals surface area contributed by atoms with Gasteiger partial charge in [0.25, 0.3) is 5.91 Å². The molecule has 34 heavy (non-hydrogen) atoms. The molecule has 1 aliphatic heterocycles. The first kappa shape index (κ1) is 20.7. The number of carbonyl (C=O) groups excluding carboxylic acids is 1. The van der Waals surface area contributed by atoms with Crippen molar-refractivity contribution < 1.29 is 4.79 Å². The summed E-state index contributed by atoms with van der Waals surface area (Å²) in [5, 5.41) is 12.5. The van der Waals surface area contributed by atoms with Crippen LogP contribution in [0.1, 0.15) is 29.8 Å². The molecule has 8 heteroatoms. The molecule has 4 heterocycles. The Bertz CT molecular complexity index is 1510. The van der Waals surface area contributed by atoms with E-state index >= 15 is 0 Å². The first-order valence-electron chi connectivity index (χ1n) is 11.4. The monoisotopic (exact) mass is 470 g/mol. The Morgan fingerprint density at radius 1 is 1.00 bits per heavy atom. The summed E-state index contributed by atoms with van der Waals surface area (Å²) in [6, 6.07) is 15.8. The maximum absolute atomic E-state index is 13.3. The van der Waals surface area contributed by atoms with E-state index in [0.717, 1.165) is 64.7 Å². The SMILES string of the molecule is O=C(Nc1cc(-c2cccc3[nH]ccc23)cc2[nH]ncc12)c1nc(N2CCCCC2)ccc1Cl. The van der Waals surface area contributed by atoms with Crippen LogP contribution in [0.2, 0.25) is 5.02 Å². The van der Waals surface area contributed by atoms with Gasteiger partial charge < -0.3 is 15.2 Å². The van der Waals surface area contributed by atoms with Crippen molar-refractivity contribution in [3.8, 4) is 11.1 Å². The van der Waals surface area contributed by atoms with Gasteiger partial charge in [-0.3, -0.25) is 9.89 Å². The minimum atomic E-state index is -0.344. The maximum atomic E-state index is 13.3. The topological polar surface area (TPSA) is 89.7 Å². The highest BCUT2D eigenvalue weighted by atomic mass is 35.5. The van der Waals surface area contributed by atoms with Gasteiger partial charge in [0, 0.05) is 35.6 Å². The number of aromatic nitrogens is 4. The lowest BCUT2D eigenvalue weighted by Gasteiger charge is -2.28. The van der Waals surface area contributed by atoms with Gasteiger partial charge >= 0.3 is 0 Å². The van der Waals surface area contributed by atoms with Crippen LogP contribution in [0.25, 0.3) is 32.9 Å². The Hall–Kier alpha value is -3.84. The van der Waals surface area contributed by atoms with Gasteiger partial charge in [-0.1, -0.05) is 23.7 Å². The lowest BCUT2D eigenvalue weighted by molar-refractivity contribution is 0.102. The summed E-state index contributed by atoms with van der Waals surface area (Å²) in [5.41, 5.74) is 4.80. The molecule has 5 aromatic rings. The molecule has 0 aliphatic carbocycles. The summed E-state index contributed by atoms with van der Waals surface area (Å²) >= 11 is 6.41. The third-order valence-corrected chi connectivity index (χ3v) is 6.74. The van der Waals surface area contributed by atoms with Crippen molar-refractivity contribution in [2.75, 3.05) is 23.3 Å². The number of rotatable bonds is 4. The van der Waals surface area contributed by atoms with Gasteiger partial charge in [-0.25, -0.2) is 4.98 Å². The van der Waals surface area contributed by atoms with Crippen molar-refractivity contribution in [1.29, 1.82) is 0 Å². The van der Waals surface area contributed by atoms with Gasteiger partial charge in [-0.2, -0.15) is 5.10 Å². The van der Waals surface area contributed by atoms with Gasteiger partial charge in [0.1, 0.15) is 11.5 Å². The van der Waals surface area contributed by atoms with E-state index in [0.29, 0.717) is 10.7 Å². The van der Waals surface area contributed by atoms with Crippen LogP contribution >= 0.6 is 11.6 Å². The third-order valence-electron chi connectivity index (χ3n) is 6.44. The molecule has 3 aromatic heterocycles. The van der Waals surface area contributed by atoms with E-state index in [4.69, 9.17) is 11.6 Å². The molecule has 3 N–H and O–H groups in total. The molecule has 2 aromatic carbocycles. The molecule has 0 unspecified atom stereocenters. The summed E-state index contributed by atoms with van der Waals surface area (Å²) < 4.78 is 0. The fraction of sp³-hybridized carbons (Fsp3) is 0.192. The van der Waals surface area contributed by atoms with E-state index in [1.807, 2.05) is 36.5 Å². The number of piperidine rings is 1. The number of anilines is 2. The lowest BCUT2D eigenvalue weighted by atomic mass is 9.99. The Morgan fingerprint density at radius 3 is 2.76 bits per heavy atom. The molecular weight excluding hydrogens is 448 g/mol. The highest BCUT2D eigenvalue weighted by Crippen LogP contribution is 2.34. The van der Waals surface area contributed by atoms with Gasteiger partial charge in [-0.15, -0.1) is 0 Å². The number of benzene rings is 2. The van der Waals surface area contributed by atoms with E-state index < -0.39 is 0 Å². The maximum Gasteiger partial charge on any atom is 0.275 e. The molecule has 1 fully saturated rings. The van der Waals surface area contributed by atoms with Crippen LogP contribution < -0.4 is 10.2 Å². The molecule has 1 amide bonds. The Labute approximate surface area is 201 Å². The first-order valence-corrected chi connectivity index (χ1v) is 11.8. The summed E-state index contributed by atoms with van der Waals surface area (Å²) in [4.78, 5) is 23.4. The predicted molar refractivity (Wildman–Crippen MR) is 137 cm³/mol. The zero-order chi connectivity index (χ0) is 23.1. The van der Waals surface area contributed by atoms with E-state index in [9.17, 15) is 4.79 Å². The van der Waals surface area contributed by atoms with E-state index in [-0.39, 0.29) is 11.6 Å². The Kier molecular flexibility index (Phi) is 5.19. The van der Waals surface area contributed by atoms with Gasteiger partial charge in [-0.05, 0) is 66.8 Å². The summed E-state index contributed by atoms with van der Waals surface area (Å²) in [7, 11) is 0. The second-order valence-electron chi connectivity index (χ2n) is 8.60. The van der Waals surface area contributed by atoms with Crippen LogP contribution in [0.3, 0.4) is 0 Å². The zero-order valence-electron chi connectivity index (χ0n) is 18.4. The number of nitrogens with zero attached hydrogens (tertiary/aromatic N) is 3. The van der Waals surface area contributed by atoms with Crippen LogP contribution in [-0.2, 0) is 0 Å². The Morgan fingerprint density at radius 2 is 1.88 bits per heavy atom. The number of hydrogen-bond acceptors (Lipinski definition) is 4. The van der Waals surface area contributed by atoms with Gasteiger partial charge in [0.05, 0.1) is 22.4 Å². The predicted octanol–water partition coefficient (Wildman–Crippen LogP) is 6.00. The van der Waals surface area contributed by atoms with Crippen LogP contribution in [-0.4, -0.2) is 39.2 Å². The molecule has 0 spiro atoms. The third kappa shape index (κ3) is 3.68. The van der Waals surface area contributed by atoms with Crippen molar-refractivity contribution in [1.82, 2.24) is 20.2 Å². The van der Waals surface area contributed by atoms with Crippen LogP contribution in [0, 0.1) is 0 Å². The summed E-state index contributed by atoms with van der Waals surface area (Å²) in [6.07, 6.45) is 7.13. The molecule has 1 saturated heterocycles. The second-order valence-corrected chi connectivity index (χ2v) is 9.01. The smallest absolute Gasteiger partial charge is 0.275 e.